The van der Waals surface area contributed by atoms with Crippen molar-refractivity contribution in [2.75, 3.05) is 13.2 Å². The summed E-state index contributed by atoms with van der Waals surface area (Å²) >= 11 is 0. The van der Waals surface area contributed by atoms with Crippen LogP contribution in [0.4, 0.5) is 4.39 Å². The first kappa shape index (κ1) is 23.8. The summed E-state index contributed by atoms with van der Waals surface area (Å²) in [4.78, 5) is 10.9. The molecule has 0 fully saturated rings. The Morgan fingerprint density at radius 2 is 1.83 bits per heavy atom. The van der Waals surface area contributed by atoms with E-state index < -0.39 is 12.6 Å². The fourth-order valence-electron chi connectivity index (χ4n) is 4.98. The maximum Gasteiger partial charge on any atom is 0.341 e. The molecular weight excluding hydrogens is 457 g/mol. The van der Waals surface area contributed by atoms with Crippen LogP contribution < -0.4 is 14.8 Å². The Kier molecular flexibility index (Phi) is 6.87. The second-order valence-corrected chi connectivity index (χ2v) is 9.13. The number of benzene rings is 4. The molecule has 2 N–H and O–H groups in total. The average molecular weight is 486 g/mol. The van der Waals surface area contributed by atoms with Crippen LogP contribution >= 0.6 is 0 Å². The fourth-order valence-corrected chi connectivity index (χ4v) is 4.98. The van der Waals surface area contributed by atoms with E-state index >= 15 is 4.39 Å². The summed E-state index contributed by atoms with van der Waals surface area (Å²) in [5, 5.41) is 15.0. The summed E-state index contributed by atoms with van der Waals surface area (Å²) in [5.41, 5.74) is 2.60. The highest BCUT2D eigenvalue weighted by Gasteiger charge is 2.31. The second-order valence-electron chi connectivity index (χ2n) is 9.13. The molecule has 1 aliphatic rings. The zero-order chi connectivity index (χ0) is 25.1. The number of aliphatic carboxylic acids is 1. The molecule has 0 saturated heterocycles. The molecule has 36 heavy (non-hydrogen) atoms. The first-order valence-electron chi connectivity index (χ1n) is 12.1. The number of hydrogen-bond acceptors (Lipinski definition) is 4. The molecule has 3 unspecified atom stereocenters. The molecule has 6 heteroatoms. The summed E-state index contributed by atoms with van der Waals surface area (Å²) in [5.74, 6) is -0.617. The zero-order valence-electron chi connectivity index (χ0n) is 20.0. The van der Waals surface area contributed by atoms with E-state index in [0.717, 1.165) is 11.3 Å². The summed E-state index contributed by atoms with van der Waals surface area (Å²) in [6, 6.07) is 26.8. The topological polar surface area (TPSA) is 67.8 Å². The summed E-state index contributed by atoms with van der Waals surface area (Å²) < 4.78 is 26.7. The van der Waals surface area contributed by atoms with Crippen LogP contribution in [0.25, 0.3) is 10.8 Å². The van der Waals surface area contributed by atoms with Crippen molar-refractivity contribution >= 4 is 16.7 Å². The highest BCUT2D eigenvalue weighted by atomic mass is 19.1. The fraction of sp³-hybridized carbons (Fsp3) is 0.233. The first-order valence-corrected chi connectivity index (χ1v) is 12.1. The SMILES string of the molecule is CC(NCC1CC(c2cc(OCC(=O)O)ccc2F)c2ccccc2O1)c1cccc2ccccc12. The molecule has 0 aliphatic carbocycles. The Labute approximate surface area is 209 Å². The van der Waals surface area contributed by atoms with Crippen LogP contribution in [0.15, 0.2) is 84.9 Å². The smallest absolute Gasteiger partial charge is 0.341 e. The van der Waals surface area contributed by atoms with E-state index in [-0.39, 0.29) is 23.9 Å². The normalized spacial score (nSPS) is 17.7. The van der Waals surface area contributed by atoms with Crippen molar-refractivity contribution in [3.05, 3.63) is 107 Å². The van der Waals surface area contributed by atoms with Crippen LogP contribution in [-0.4, -0.2) is 30.3 Å². The van der Waals surface area contributed by atoms with Gasteiger partial charge in [-0.25, -0.2) is 9.18 Å². The molecule has 0 radical (unpaired) electrons. The zero-order valence-corrected chi connectivity index (χ0v) is 20.0. The van der Waals surface area contributed by atoms with Gasteiger partial charge in [-0.1, -0.05) is 60.7 Å². The molecule has 1 heterocycles. The minimum absolute atomic E-state index is 0.0970. The van der Waals surface area contributed by atoms with Gasteiger partial charge in [-0.05, 0) is 59.5 Å². The molecule has 0 aromatic heterocycles. The molecule has 5 rings (SSSR count). The number of hydrogen-bond donors (Lipinski definition) is 2. The highest BCUT2D eigenvalue weighted by molar-refractivity contribution is 5.86. The monoisotopic (exact) mass is 485 g/mol. The van der Waals surface area contributed by atoms with E-state index in [1.807, 2.05) is 36.4 Å². The Bertz CT molecular complexity index is 1380. The summed E-state index contributed by atoms with van der Waals surface area (Å²) in [7, 11) is 0. The van der Waals surface area contributed by atoms with Gasteiger partial charge in [0.2, 0.25) is 0 Å². The minimum atomic E-state index is -1.08. The van der Waals surface area contributed by atoms with Gasteiger partial charge in [-0.3, -0.25) is 0 Å². The number of halogens is 1. The number of rotatable bonds is 8. The molecule has 0 amide bonds. The van der Waals surface area contributed by atoms with Crippen LogP contribution in [0.2, 0.25) is 0 Å². The van der Waals surface area contributed by atoms with Gasteiger partial charge in [0.25, 0.3) is 0 Å². The maximum atomic E-state index is 15.0. The summed E-state index contributed by atoms with van der Waals surface area (Å²) in [6.45, 7) is 2.25. The number of para-hydroxylation sites is 1. The third-order valence-corrected chi connectivity index (χ3v) is 6.73. The lowest BCUT2D eigenvalue weighted by Crippen LogP contribution is -2.37. The molecule has 1 aliphatic heterocycles. The van der Waals surface area contributed by atoms with Crippen LogP contribution in [0, 0.1) is 5.82 Å². The quantitative estimate of drug-likeness (QED) is 0.317. The van der Waals surface area contributed by atoms with Crippen LogP contribution in [-0.2, 0) is 4.79 Å². The van der Waals surface area contributed by atoms with E-state index in [1.165, 1.54) is 28.5 Å². The maximum absolute atomic E-state index is 15.0. The van der Waals surface area contributed by atoms with E-state index in [4.69, 9.17) is 14.6 Å². The molecule has 3 atom stereocenters. The molecule has 0 spiro atoms. The number of carboxylic acid groups (broad SMARTS) is 1. The average Bonchev–Trinajstić information content (AvgIpc) is 2.90. The van der Waals surface area contributed by atoms with E-state index in [1.54, 1.807) is 6.07 Å². The van der Waals surface area contributed by atoms with Crippen molar-refractivity contribution in [2.24, 2.45) is 0 Å². The summed E-state index contributed by atoms with van der Waals surface area (Å²) in [6.07, 6.45) is 0.399. The van der Waals surface area contributed by atoms with Gasteiger partial charge < -0.3 is 19.9 Å². The Balaban J connectivity index is 1.37. The van der Waals surface area contributed by atoms with Crippen molar-refractivity contribution < 1.29 is 23.8 Å². The minimum Gasteiger partial charge on any atom is -0.489 e. The molecule has 0 saturated carbocycles. The van der Waals surface area contributed by atoms with Gasteiger partial charge in [-0.2, -0.15) is 0 Å². The lowest BCUT2D eigenvalue weighted by atomic mass is 9.83. The molecular formula is C30H28FNO4. The van der Waals surface area contributed by atoms with Gasteiger partial charge in [0, 0.05) is 24.1 Å². The van der Waals surface area contributed by atoms with Gasteiger partial charge in [0.1, 0.15) is 23.4 Å². The van der Waals surface area contributed by atoms with Crippen molar-refractivity contribution in [1.29, 1.82) is 0 Å². The lowest BCUT2D eigenvalue weighted by Gasteiger charge is -2.33. The first-order chi connectivity index (χ1) is 17.5. The molecule has 0 bridgehead atoms. The van der Waals surface area contributed by atoms with E-state index in [0.29, 0.717) is 24.3 Å². The Hall–Kier alpha value is -3.90. The molecule has 4 aromatic rings. The Morgan fingerprint density at radius 1 is 1.06 bits per heavy atom. The number of ether oxygens (including phenoxy) is 2. The van der Waals surface area contributed by atoms with Crippen LogP contribution in [0.3, 0.4) is 0 Å². The van der Waals surface area contributed by atoms with Gasteiger partial charge >= 0.3 is 5.97 Å². The standard InChI is InChI=1S/C30H28FNO4/c1-19(23-11-6-8-20-7-2-3-9-24(20)23)32-17-22-16-26(25-10-4-5-12-29(25)36-22)27-15-21(13-14-28(27)31)35-18-30(33)34/h2-15,19,22,26,32H,16-18H2,1H3,(H,33,34). The van der Waals surface area contributed by atoms with Crippen molar-refractivity contribution in [1.82, 2.24) is 5.32 Å². The number of fused-ring (bicyclic) bond motifs is 2. The lowest BCUT2D eigenvalue weighted by molar-refractivity contribution is -0.139. The number of carbonyl (C=O) groups is 1. The van der Waals surface area contributed by atoms with Gasteiger partial charge in [0.05, 0.1) is 0 Å². The third kappa shape index (κ3) is 5.04. The Morgan fingerprint density at radius 3 is 2.69 bits per heavy atom. The molecule has 184 valence electrons. The molecule has 5 nitrogen and oxygen atoms in total. The highest BCUT2D eigenvalue weighted by Crippen LogP contribution is 2.42. The largest absolute Gasteiger partial charge is 0.489 e. The van der Waals surface area contributed by atoms with Crippen molar-refractivity contribution in [3.63, 3.8) is 0 Å². The van der Waals surface area contributed by atoms with Crippen molar-refractivity contribution in [3.8, 4) is 11.5 Å². The molecule has 4 aromatic carbocycles. The van der Waals surface area contributed by atoms with E-state index in [9.17, 15) is 4.79 Å². The second kappa shape index (κ2) is 10.4. The van der Waals surface area contributed by atoms with Crippen molar-refractivity contribution in [2.45, 2.75) is 31.4 Å². The predicted molar refractivity (Wildman–Crippen MR) is 137 cm³/mol. The number of nitrogens with one attached hydrogen (secondary N) is 1. The van der Waals surface area contributed by atoms with Crippen LogP contribution in [0.5, 0.6) is 11.5 Å². The third-order valence-electron chi connectivity index (χ3n) is 6.73. The number of carboxylic acids is 1. The van der Waals surface area contributed by atoms with Crippen LogP contribution in [0.1, 0.15) is 42.0 Å². The van der Waals surface area contributed by atoms with Gasteiger partial charge in [0.15, 0.2) is 6.61 Å². The predicted octanol–water partition coefficient (Wildman–Crippen LogP) is 6.08. The van der Waals surface area contributed by atoms with E-state index in [2.05, 4.69) is 42.6 Å². The van der Waals surface area contributed by atoms with Gasteiger partial charge in [-0.15, -0.1) is 0 Å².